The summed E-state index contributed by atoms with van der Waals surface area (Å²) in [6.45, 7) is 3.91. The number of nitro groups is 1. The van der Waals surface area contributed by atoms with E-state index in [1.807, 2.05) is 0 Å². The first-order chi connectivity index (χ1) is 15.0. The molecule has 31 heavy (non-hydrogen) atoms. The average molecular weight is 437 g/mol. The Balaban J connectivity index is 1.43. The molecule has 0 bridgehead atoms. The lowest BCUT2D eigenvalue weighted by molar-refractivity contribution is -0.384. The number of nitro benzene ring substituents is 1. The third-order valence-corrected chi connectivity index (χ3v) is 6.10. The number of thioether (sulfide) groups is 1. The van der Waals surface area contributed by atoms with Gasteiger partial charge in [0.1, 0.15) is 11.5 Å². The third-order valence-electron chi connectivity index (χ3n) is 5.06. The Morgan fingerprint density at radius 3 is 2.74 bits per heavy atom. The van der Waals surface area contributed by atoms with Crippen LogP contribution in [0.25, 0.3) is 17.4 Å². The monoisotopic (exact) mass is 437 g/mol. The maximum atomic E-state index is 12.4. The second-order valence-electron chi connectivity index (χ2n) is 7.02. The highest BCUT2D eigenvalue weighted by Gasteiger charge is 2.28. The predicted octanol–water partition coefficient (Wildman–Crippen LogP) is 3.36. The van der Waals surface area contributed by atoms with Crippen molar-refractivity contribution in [3.05, 3.63) is 57.2 Å². The fourth-order valence-corrected chi connectivity index (χ4v) is 4.39. The van der Waals surface area contributed by atoms with E-state index >= 15 is 0 Å². The van der Waals surface area contributed by atoms with Crippen LogP contribution in [0.4, 0.5) is 5.69 Å². The van der Waals surface area contributed by atoms with Crippen LogP contribution >= 0.6 is 11.8 Å². The first-order valence-electron chi connectivity index (χ1n) is 9.75. The largest absolute Gasteiger partial charge is 0.456 e. The molecule has 2 aliphatic rings. The number of hydrogen-bond donors (Lipinski definition) is 0. The first-order valence-corrected chi connectivity index (χ1v) is 10.6. The van der Waals surface area contributed by atoms with Crippen molar-refractivity contribution in [3.8, 4) is 17.4 Å². The van der Waals surface area contributed by atoms with E-state index in [0.717, 1.165) is 32.7 Å². The molecule has 0 radical (unpaired) electrons. The van der Waals surface area contributed by atoms with Crippen molar-refractivity contribution < 1.29 is 14.1 Å². The molecular formula is C21H19N5O4S. The summed E-state index contributed by atoms with van der Waals surface area (Å²) >= 11 is 1.30. The Labute approximate surface area is 182 Å². The normalized spacial score (nSPS) is 18.3. The summed E-state index contributed by atoms with van der Waals surface area (Å²) in [5.41, 5.74) is 0.343. The van der Waals surface area contributed by atoms with Gasteiger partial charge < -0.3 is 9.32 Å². The number of amidine groups is 1. The minimum atomic E-state index is -0.452. The molecule has 1 aromatic heterocycles. The lowest BCUT2D eigenvalue weighted by Crippen LogP contribution is -2.47. The van der Waals surface area contributed by atoms with E-state index in [4.69, 9.17) is 9.68 Å². The van der Waals surface area contributed by atoms with E-state index in [0.29, 0.717) is 33.6 Å². The number of benzene rings is 1. The smallest absolute Gasteiger partial charge is 0.286 e. The molecular weight excluding hydrogens is 418 g/mol. The van der Waals surface area contributed by atoms with Crippen molar-refractivity contribution in [3.63, 3.8) is 0 Å². The van der Waals surface area contributed by atoms with Crippen LogP contribution in [-0.2, 0) is 4.79 Å². The maximum Gasteiger partial charge on any atom is 0.286 e. The molecule has 158 valence electrons. The Morgan fingerprint density at radius 2 is 2.00 bits per heavy atom. The number of nitriles is 1. The summed E-state index contributed by atoms with van der Waals surface area (Å²) in [7, 11) is 0. The van der Waals surface area contributed by atoms with Crippen molar-refractivity contribution in [1.82, 2.24) is 9.80 Å². The average Bonchev–Trinajstić information content (AvgIpc) is 3.39. The van der Waals surface area contributed by atoms with Gasteiger partial charge in [-0.1, -0.05) is 12.1 Å². The van der Waals surface area contributed by atoms with Gasteiger partial charge in [-0.05, 0) is 30.0 Å². The molecule has 4 rings (SSSR count). The third kappa shape index (κ3) is 4.68. The standard InChI is InChI=1S/C21H19N5O4S/c22-8-3-9-24-10-12-25(13-11-24)21-23-20(27)19(31-21)14-15-6-7-18(30-15)16-4-1-2-5-17(16)26(28)29/h1-2,4-7,14H,3,9-13H2. The van der Waals surface area contributed by atoms with Crippen LogP contribution in [-0.4, -0.2) is 58.5 Å². The van der Waals surface area contributed by atoms with Gasteiger partial charge in [0.2, 0.25) is 0 Å². The quantitative estimate of drug-likeness (QED) is 0.397. The van der Waals surface area contributed by atoms with Crippen molar-refractivity contribution in [2.45, 2.75) is 6.42 Å². The Hall–Kier alpha value is -3.42. The number of hydrogen-bond acceptors (Lipinski definition) is 8. The second-order valence-corrected chi connectivity index (χ2v) is 8.03. The van der Waals surface area contributed by atoms with Gasteiger partial charge >= 0.3 is 0 Å². The van der Waals surface area contributed by atoms with Crippen LogP contribution in [0.1, 0.15) is 12.2 Å². The van der Waals surface area contributed by atoms with E-state index in [1.165, 1.54) is 17.8 Å². The molecule has 0 aliphatic carbocycles. The molecule has 3 heterocycles. The number of piperazine rings is 1. The minimum Gasteiger partial charge on any atom is -0.456 e. The lowest BCUT2D eigenvalue weighted by Gasteiger charge is -2.34. The van der Waals surface area contributed by atoms with Crippen LogP contribution in [0, 0.1) is 21.4 Å². The number of furan rings is 1. The van der Waals surface area contributed by atoms with E-state index in [-0.39, 0.29) is 11.6 Å². The molecule has 2 aliphatic heterocycles. The number of nitrogens with zero attached hydrogens (tertiary/aromatic N) is 5. The maximum absolute atomic E-state index is 12.4. The molecule has 0 atom stereocenters. The Bertz CT molecular complexity index is 1110. The zero-order valence-electron chi connectivity index (χ0n) is 16.6. The van der Waals surface area contributed by atoms with Gasteiger partial charge in [-0.3, -0.25) is 19.8 Å². The van der Waals surface area contributed by atoms with E-state index < -0.39 is 4.92 Å². The number of carbonyl (C=O) groups is 1. The Morgan fingerprint density at radius 1 is 1.23 bits per heavy atom. The predicted molar refractivity (Wildman–Crippen MR) is 117 cm³/mol. The highest BCUT2D eigenvalue weighted by atomic mass is 32.2. The fraction of sp³-hybridized carbons (Fsp3) is 0.286. The number of amides is 1. The van der Waals surface area contributed by atoms with Crippen molar-refractivity contribution in [2.75, 3.05) is 32.7 Å². The molecule has 0 spiro atoms. The molecule has 10 heteroatoms. The van der Waals surface area contributed by atoms with Crippen LogP contribution in [0.3, 0.4) is 0 Å². The minimum absolute atomic E-state index is 0.0399. The molecule has 0 N–H and O–H groups in total. The SMILES string of the molecule is N#CCCN1CCN(C2=NC(=O)C(=Cc3ccc(-c4ccccc4[N+](=O)[O-])o3)S2)CC1. The van der Waals surface area contributed by atoms with Crippen molar-refractivity contribution in [2.24, 2.45) is 4.99 Å². The van der Waals surface area contributed by atoms with Crippen molar-refractivity contribution in [1.29, 1.82) is 5.26 Å². The zero-order valence-corrected chi connectivity index (χ0v) is 17.4. The topological polar surface area (TPSA) is 116 Å². The fourth-order valence-electron chi connectivity index (χ4n) is 3.45. The van der Waals surface area contributed by atoms with Gasteiger partial charge in [0, 0.05) is 51.3 Å². The molecule has 2 aromatic rings. The highest BCUT2D eigenvalue weighted by molar-refractivity contribution is 8.18. The Kier molecular flexibility index (Phi) is 6.16. The van der Waals surface area contributed by atoms with Crippen LogP contribution in [0.2, 0.25) is 0 Å². The molecule has 9 nitrogen and oxygen atoms in total. The summed E-state index contributed by atoms with van der Waals surface area (Å²) in [5, 5.41) is 20.6. The molecule has 0 unspecified atom stereocenters. The van der Waals surface area contributed by atoms with E-state index in [1.54, 1.807) is 36.4 Å². The van der Waals surface area contributed by atoms with E-state index in [2.05, 4.69) is 20.9 Å². The van der Waals surface area contributed by atoms with Gasteiger partial charge in [0.15, 0.2) is 5.17 Å². The number of rotatable bonds is 5. The summed E-state index contributed by atoms with van der Waals surface area (Å²) in [4.78, 5) is 32.1. The molecule has 1 saturated heterocycles. The van der Waals surface area contributed by atoms with Gasteiger partial charge in [0.05, 0.1) is 21.5 Å². The first kappa shape index (κ1) is 20.8. The molecule has 1 fully saturated rings. The lowest BCUT2D eigenvalue weighted by atomic mass is 10.1. The van der Waals surface area contributed by atoms with Gasteiger partial charge in [-0.2, -0.15) is 10.3 Å². The molecule has 1 amide bonds. The number of para-hydroxylation sites is 1. The van der Waals surface area contributed by atoms with Gasteiger partial charge in [-0.15, -0.1) is 0 Å². The summed E-state index contributed by atoms with van der Waals surface area (Å²) < 4.78 is 5.76. The molecule has 1 aromatic carbocycles. The summed E-state index contributed by atoms with van der Waals surface area (Å²) in [6, 6.07) is 11.9. The van der Waals surface area contributed by atoms with Crippen molar-refractivity contribution >= 4 is 34.6 Å². The summed E-state index contributed by atoms with van der Waals surface area (Å²) in [5.74, 6) is 0.474. The van der Waals surface area contributed by atoms with E-state index in [9.17, 15) is 14.9 Å². The number of aliphatic imine (C=N–C) groups is 1. The van der Waals surface area contributed by atoms with Crippen LogP contribution in [0.5, 0.6) is 0 Å². The van der Waals surface area contributed by atoms with Gasteiger partial charge in [0.25, 0.3) is 11.6 Å². The second kappa shape index (κ2) is 9.16. The zero-order chi connectivity index (χ0) is 21.8. The highest BCUT2D eigenvalue weighted by Crippen LogP contribution is 2.34. The number of carbonyl (C=O) groups excluding carboxylic acids is 1. The molecule has 0 saturated carbocycles. The summed E-state index contributed by atoms with van der Waals surface area (Å²) in [6.07, 6.45) is 2.13. The van der Waals surface area contributed by atoms with Crippen LogP contribution in [0.15, 0.2) is 50.7 Å². The van der Waals surface area contributed by atoms with Crippen LogP contribution < -0.4 is 0 Å². The van der Waals surface area contributed by atoms with Gasteiger partial charge in [-0.25, -0.2) is 0 Å².